The number of hydrogen-bond acceptors (Lipinski definition) is 2. The molecule has 0 bridgehead atoms. The van der Waals surface area contributed by atoms with Crippen molar-refractivity contribution in [1.82, 2.24) is 0 Å². The average Bonchev–Trinajstić information content (AvgIpc) is 2.36. The lowest BCUT2D eigenvalue weighted by Crippen LogP contribution is -2.30. The van der Waals surface area contributed by atoms with Gasteiger partial charge in [-0.25, -0.2) is 0 Å². The fourth-order valence-corrected chi connectivity index (χ4v) is 2.28. The minimum absolute atomic E-state index is 0.229. The predicted octanol–water partition coefficient (Wildman–Crippen LogP) is 3.40. The Morgan fingerprint density at radius 1 is 1.28 bits per heavy atom. The predicted molar refractivity (Wildman–Crippen MR) is 75.0 cm³/mol. The normalized spacial score (nSPS) is 12.1. The van der Waals surface area contributed by atoms with E-state index in [2.05, 4.69) is 30.9 Å². The zero-order valence-electron chi connectivity index (χ0n) is 11.3. The second-order valence-corrected chi connectivity index (χ2v) is 4.63. The molecule has 18 heavy (non-hydrogen) atoms. The van der Waals surface area contributed by atoms with Gasteiger partial charge in [-0.2, -0.15) is 0 Å². The molecule has 0 saturated carbocycles. The topological polar surface area (TPSA) is 40.5 Å². The largest absolute Gasteiger partial charge is 0.481 e. The first kappa shape index (κ1) is 14.6. The van der Waals surface area contributed by atoms with Crippen molar-refractivity contribution in [3.05, 3.63) is 30.3 Å². The second kappa shape index (κ2) is 7.75. The maximum absolute atomic E-state index is 10.9. The van der Waals surface area contributed by atoms with Gasteiger partial charge in [0.1, 0.15) is 0 Å². The number of carboxylic acids is 1. The summed E-state index contributed by atoms with van der Waals surface area (Å²) in [6, 6.07) is 10.2. The molecule has 3 heteroatoms. The summed E-state index contributed by atoms with van der Waals surface area (Å²) in [5, 5.41) is 8.95. The lowest BCUT2D eigenvalue weighted by atomic mass is 9.99. The molecule has 0 heterocycles. The molecule has 0 aliphatic rings. The molecule has 0 unspecified atom stereocenters. The number of carboxylic acid groups (broad SMARTS) is 1. The Morgan fingerprint density at radius 2 is 1.94 bits per heavy atom. The molecule has 1 atom stereocenters. The van der Waals surface area contributed by atoms with Crippen molar-refractivity contribution < 1.29 is 9.90 Å². The van der Waals surface area contributed by atoms with Gasteiger partial charge >= 0.3 is 5.97 Å². The number of hydrogen-bond donors (Lipinski definition) is 1. The Kier molecular flexibility index (Phi) is 6.26. The molecule has 0 amide bonds. The van der Waals surface area contributed by atoms with E-state index in [4.69, 9.17) is 5.11 Å². The van der Waals surface area contributed by atoms with Gasteiger partial charge in [-0.05, 0) is 31.4 Å². The molecule has 1 rings (SSSR count). The first-order valence-corrected chi connectivity index (χ1v) is 6.69. The van der Waals surface area contributed by atoms with E-state index in [1.165, 1.54) is 5.69 Å². The van der Waals surface area contributed by atoms with Crippen molar-refractivity contribution in [2.75, 3.05) is 18.0 Å². The lowest BCUT2D eigenvalue weighted by molar-refractivity contribution is -0.138. The van der Waals surface area contributed by atoms with Gasteiger partial charge in [0.25, 0.3) is 0 Å². The highest BCUT2D eigenvalue weighted by Crippen LogP contribution is 2.19. The third kappa shape index (κ3) is 4.78. The van der Waals surface area contributed by atoms with Crippen LogP contribution < -0.4 is 4.90 Å². The maximum Gasteiger partial charge on any atom is 0.303 e. The van der Waals surface area contributed by atoms with Gasteiger partial charge in [-0.3, -0.25) is 4.79 Å². The van der Waals surface area contributed by atoms with E-state index in [9.17, 15) is 4.79 Å². The van der Waals surface area contributed by atoms with Gasteiger partial charge in [-0.1, -0.05) is 31.5 Å². The van der Waals surface area contributed by atoms with Gasteiger partial charge in [0.05, 0.1) is 0 Å². The molecule has 0 radical (unpaired) electrons. The Bertz CT molecular complexity index is 351. The summed E-state index contributed by atoms with van der Waals surface area (Å²) in [6.07, 6.45) is 2.26. The molecule has 0 aliphatic carbocycles. The number of rotatable bonds is 8. The maximum atomic E-state index is 10.9. The molecule has 0 saturated heterocycles. The van der Waals surface area contributed by atoms with Crippen LogP contribution in [0.1, 0.15) is 33.1 Å². The molecule has 1 aromatic carbocycles. The summed E-state index contributed by atoms with van der Waals surface area (Å²) in [7, 11) is 0. The number of aliphatic carboxylic acids is 1. The number of para-hydroxylation sites is 1. The van der Waals surface area contributed by atoms with Crippen LogP contribution in [-0.2, 0) is 4.79 Å². The van der Waals surface area contributed by atoms with Crippen molar-refractivity contribution in [2.24, 2.45) is 5.92 Å². The molecule has 100 valence electrons. The van der Waals surface area contributed by atoms with Crippen molar-refractivity contribution in [3.63, 3.8) is 0 Å². The lowest BCUT2D eigenvalue weighted by Gasteiger charge is -2.27. The van der Waals surface area contributed by atoms with Crippen LogP contribution in [0.5, 0.6) is 0 Å². The standard InChI is InChI=1S/C15H23NO2/c1-3-8-13(11-15(17)18)12-16(4-2)14-9-6-5-7-10-14/h5-7,9-10,13H,3-4,8,11-12H2,1-2H3,(H,17,18)/t13-/m1/s1. The Hall–Kier alpha value is -1.51. The molecule has 1 N–H and O–H groups in total. The van der Waals surface area contributed by atoms with Crippen LogP contribution in [0.2, 0.25) is 0 Å². The molecular weight excluding hydrogens is 226 g/mol. The summed E-state index contributed by atoms with van der Waals surface area (Å²) in [5.74, 6) is -0.467. The minimum atomic E-state index is -0.697. The van der Waals surface area contributed by atoms with Gasteiger partial charge in [0.2, 0.25) is 0 Å². The first-order valence-electron chi connectivity index (χ1n) is 6.69. The van der Waals surface area contributed by atoms with E-state index in [1.54, 1.807) is 0 Å². The van der Waals surface area contributed by atoms with E-state index in [1.807, 2.05) is 18.2 Å². The third-order valence-electron chi connectivity index (χ3n) is 3.14. The van der Waals surface area contributed by atoms with Crippen molar-refractivity contribution in [2.45, 2.75) is 33.1 Å². The highest BCUT2D eigenvalue weighted by molar-refractivity contribution is 5.67. The van der Waals surface area contributed by atoms with Gasteiger partial charge in [0, 0.05) is 25.2 Å². The number of anilines is 1. The number of nitrogens with zero attached hydrogens (tertiary/aromatic N) is 1. The highest BCUT2D eigenvalue weighted by Gasteiger charge is 2.16. The molecule has 0 aromatic heterocycles. The van der Waals surface area contributed by atoms with E-state index in [0.29, 0.717) is 0 Å². The van der Waals surface area contributed by atoms with Crippen LogP contribution in [0, 0.1) is 5.92 Å². The summed E-state index contributed by atoms with van der Waals surface area (Å²) in [6.45, 7) is 5.94. The monoisotopic (exact) mass is 249 g/mol. The van der Waals surface area contributed by atoms with Crippen molar-refractivity contribution in [1.29, 1.82) is 0 Å². The number of benzene rings is 1. The summed E-state index contributed by atoms with van der Waals surface area (Å²) in [4.78, 5) is 13.1. The highest BCUT2D eigenvalue weighted by atomic mass is 16.4. The van der Waals surface area contributed by atoms with E-state index < -0.39 is 5.97 Å². The van der Waals surface area contributed by atoms with Gasteiger partial charge in [-0.15, -0.1) is 0 Å². The fraction of sp³-hybridized carbons (Fsp3) is 0.533. The quantitative estimate of drug-likeness (QED) is 0.767. The molecule has 1 aromatic rings. The number of carbonyl (C=O) groups is 1. The summed E-state index contributed by atoms with van der Waals surface area (Å²) in [5.41, 5.74) is 1.17. The molecule has 3 nitrogen and oxygen atoms in total. The first-order chi connectivity index (χ1) is 8.67. The zero-order chi connectivity index (χ0) is 13.4. The molecule has 0 spiro atoms. The zero-order valence-corrected chi connectivity index (χ0v) is 11.3. The van der Waals surface area contributed by atoms with E-state index in [-0.39, 0.29) is 12.3 Å². The van der Waals surface area contributed by atoms with Crippen LogP contribution in [0.3, 0.4) is 0 Å². The van der Waals surface area contributed by atoms with Crippen LogP contribution >= 0.6 is 0 Å². The summed E-state index contributed by atoms with van der Waals surface area (Å²) < 4.78 is 0. The third-order valence-corrected chi connectivity index (χ3v) is 3.14. The molecule has 0 fully saturated rings. The SMILES string of the molecule is CCC[C@H](CC(=O)O)CN(CC)c1ccccc1. The van der Waals surface area contributed by atoms with E-state index in [0.717, 1.165) is 25.9 Å². The Balaban J connectivity index is 2.67. The minimum Gasteiger partial charge on any atom is -0.481 e. The second-order valence-electron chi connectivity index (χ2n) is 4.63. The Labute approximate surface area is 109 Å². The van der Waals surface area contributed by atoms with Crippen LogP contribution in [0.4, 0.5) is 5.69 Å². The van der Waals surface area contributed by atoms with Crippen LogP contribution in [-0.4, -0.2) is 24.2 Å². The van der Waals surface area contributed by atoms with Gasteiger partial charge < -0.3 is 10.0 Å². The van der Waals surface area contributed by atoms with Gasteiger partial charge in [0.15, 0.2) is 0 Å². The van der Waals surface area contributed by atoms with Crippen molar-refractivity contribution in [3.8, 4) is 0 Å². The smallest absolute Gasteiger partial charge is 0.303 e. The van der Waals surface area contributed by atoms with Crippen molar-refractivity contribution >= 4 is 11.7 Å². The average molecular weight is 249 g/mol. The summed E-state index contributed by atoms with van der Waals surface area (Å²) >= 11 is 0. The Morgan fingerprint density at radius 3 is 2.44 bits per heavy atom. The fourth-order valence-electron chi connectivity index (χ4n) is 2.28. The van der Waals surface area contributed by atoms with Crippen LogP contribution in [0.15, 0.2) is 30.3 Å². The molecule has 0 aliphatic heterocycles. The molecular formula is C15H23NO2. The van der Waals surface area contributed by atoms with E-state index >= 15 is 0 Å². The van der Waals surface area contributed by atoms with Crippen LogP contribution in [0.25, 0.3) is 0 Å².